The van der Waals surface area contributed by atoms with E-state index in [0.29, 0.717) is 6.04 Å². The molecule has 1 aromatic rings. The molecule has 2 rings (SSSR count). The first-order valence-corrected chi connectivity index (χ1v) is 8.22. The molecule has 0 bridgehead atoms. The van der Waals surface area contributed by atoms with Crippen LogP contribution in [-0.4, -0.2) is 40.4 Å². The molecular formula is C16H30N4. The Labute approximate surface area is 123 Å². The highest BCUT2D eigenvalue weighted by atomic mass is 15.3. The van der Waals surface area contributed by atoms with Crippen LogP contribution in [0.2, 0.25) is 0 Å². The third kappa shape index (κ3) is 4.51. The Hall–Kier alpha value is -1.03. The summed E-state index contributed by atoms with van der Waals surface area (Å²) in [6.45, 7) is 11.1. The molecule has 2 atom stereocenters. The van der Waals surface area contributed by atoms with Crippen LogP contribution in [-0.2, 0) is 6.54 Å². The molecule has 1 aliphatic carbocycles. The summed E-state index contributed by atoms with van der Waals surface area (Å²) in [5.74, 6) is 0.860. The minimum atomic E-state index is 0.638. The average molecular weight is 278 g/mol. The number of nitrogens with one attached hydrogen (secondary N) is 1. The highest BCUT2D eigenvalue weighted by molar-refractivity contribution is 5.39. The van der Waals surface area contributed by atoms with Crippen molar-refractivity contribution in [2.75, 3.05) is 25.0 Å². The van der Waals surface area contributed by atoms with Crippen LogP contribution in [0.5, 0.6) is 0 Å². The van der Waals surface area contributed by atoms with Crippen LogP contribution in [0.1, 0.15) is 46.5 Å². The van der Waals surface area contributed by atoms with Gasteiger partial charge in [0.1, 0.15) is 0 Å². The topological polar surface area (TPSA) is 33.1 Å². The van der Waals surface area contributed by atoms with E-state index in [9.17, 15) is 0 Å². The molecule has 0 radical (unpaired) electrons. The van der Waals surface area contributed by atoms with Gasteiger partial charge in [0.2, 0.25) is 0 Å². The number of anilines is 1. The average Bonchev–Trinajstić information content (AvgIpc) is 2.87. The van der Waals surface area contributed by atoms with Crippen LogP contribution in [0.4, 0.5) is 5.69 Å². The van der Waals surface area contributed by atoms with E-state index in [1.807, 2.05) is 6.20 Å². The van der Waals surface area contributed by atoms with Gasteiger partial charge < -0.3 is 10.2 Å². The van der Waals surface area contributed by atoms with Crippen molar-refractivity contribution in [1.82, 2.24) is 14.7 Å². The smallest absolute Gasteiger partial charge is 0.0728 e. The largest absolute Gasteiger partial charge is 0.380 e. The number of hydrogen-bond acceptors (Lipinski definition) is 3. The van der Waals surface area contributed by atoms with Gasteiger partial charge in [0.05, 0.1) is 18.4 Å². The molecule has 2 unspecified atom stereocenters. The van der Waals surface area contributed by atoms with Gasteiger partial charge in [-0.3, -0.25) is 4.68 Å². The fraction of sp³-hybridized carbons (Fsp3) is 0.812. The minimum Gasteiger partial charge on any atom is -0.380 e. The Bertz CT molecular complexity index is 384. The summed E-state index contributed by atoms with van der Waals surface area (Å²) in [6.07, 6.45) is 9.47. The van der Waals surface area contributed by atoms with Crippen molar-refractivity contribution in [3.8, 4) is 0 Å². The summed E-state index contributed by atoms with van der Waals surface area (Å²) in [5, 5.41) is 8.12. The summed E-state index contributed by atoms with van der Waals surface area (Å²) in [7, 11) is 0. The molecule has 1 N–H and O–H groups in total. The van der Waals surface area contributed by atoms with Gasteiger partial charge in [-0.1, -0.05) is 33.6 Å². The maximum absolute atomic E-state index is 4.47. The third-order valence-corrected chi connectivity index (χ3v) is 4.48. The van der Waals surface area contributed by atoms with Crippen molar-refractivity contribution in [2.45, 2.75) is 59.0 Å². The highest BCUT2D eigenvalue weighted by Crippen LogP contribution is 2.25. The molecule has 0 spiro atoms. The van der Waals surface area contributed by atoms with E-state index in [1.54, 1.807) is 0 Å². The van der Waals surface area contributed by atoms with Crippen molar-refractivity contribution in [3.63, 3.8) is 0 Å². The zero-order valence-corrected chi connectivity index (χ0v) is 13.3. The molecule has 0 amide bonds. The van der Waals surface area contributed by atoms with Gasteiger partial charge in [0, 0.05) is 18.8 Å². The predicted octanol–water partition coefficient (Wildman–Crippen LogP) is 3.22. The van der Waals surface area contributed by atoms with Gasteiger partial charge in [-0.25, -0.2) is 0 Å². The third-order valence-electron chi connectivity index (χ3n) is 4.48. The Kier molecular flexibility index (Phi) is 5.89. The van der Waals surface area contributed by atoms with Gasteiger partial charge >= 0.3 is 0 Å². The lowest BCUT2D eigenvalue weighted by Crippen LogP contribution is -2.27. The zero-order chi connectivity index (χ0) is 14.4. The van der Waals surface area contributed by atoms with E-state index in [0.717, 1.165) is 32.1 Å². The predicted molar refractivity (Wildman–Crippen MR) is 85.1 cm³/mol. The Balaban J connectivity index is 1.79. The molecule has 4 heteroatoms. The maximum atomic E-state index is 4.47. The van der Waals surface area contributed by atoms with E-state index in [-0.39, 0.29) is 0 Å². The van der Waals surface area contributed by atoms with Crippen LogP contribution in [0.15, 0.2) is 12.4 Å². The van der Waals surface area contributed by atoms with Gasteiger partial charge in [-0.05, 0) is 31.8 Å². The van der Waals surface area contributed by atoms with Crippen molar-refractivity contribution in [2.24, 2.45) is 5.92 Å². The summed E-state index contributed by atoms with van der Waals surface area (Å²) in [6, 6.07) is 0.638. The second kappa shape index (κ2) is 7.67. The Morgan fingerprint density at radius 1 is 1.35 bits per heavy atom. The lowest BCUT2D eigenvalue weighted by molar-refractivity contribution is 0.285. The van der Waals surface area contributed by atoms with Crippen LogP contribution in [0.3, 0.4) is 0 Å². The van der Waals surface area contributed by atoms with E-state index < -0.39 is 0 Å². The van der Waals surface area contributed by atoms with Gasteiger partial charge in [-0.2, -0.15) is 5.10 Å². The first-order valence-electron chi connectivity index (χ1n) is 8.22. The molecule has 1 aromatic heterocycles. The second-order valence-corrected chi connectivity index (χ2v) is 6.13. The van der Waals surface area contributed by atoms with Gasteiger partial charge in [-0.15, -0.1) is 0 Å². The van der Waals surface area contributed by atoms with Crippen molar-refractivity contribution in [1.29, 1.82) is 0 Å². The number of rotatable bonds is 7. The molecule has 1 heterocycles. The molecule has 4 nitrogen and oxygen atoms in total. The molecule has 1 aliphatic rings. The molecule has 1 saturated carbocycles. The lowest BCUT2D eigenvalue weighted by Gasteiger charge is -2.27. The molecule has 0 saturated heterocycles. The van der Waals surface area contributed by atoms with Crippen LogP contribution in [0, 0.1) is 5.92 Å². The van der Waals surface area contributed by atoms with Crippen molar-refractivity contribution in [3.05, 3.63) is 12.4 Å². The molecule has 0 aromatic carbocycles. The summed E-state index contributed by atoms with van der Waals surface area (Å²) in [5.41, 5.74) is 1.18. The molecule has 20 heavy (non-hydrogen) atoms. The van der Waals surface area contributed by atoms with Crippen LogP contribution in [0.25, 0.3) is 0 Å². The fourth-order valence-corrected chi connectivity index (χ4v) is 3.15. The zero-order valence-electron chi connectivity index (χ0n) is 13.3. The highest BCUT2D eigenvalue weighted by Gasteiger charge is 2.18. The standard InChI is InChI=1S/C16H30N4/c1-4-19(5-2)9-10-20-13-16(12-17-20)18-15-8-6-7-14(3)11-15/h12-15,18H,4-11H2,1-3H3. The van der Waals surface area contributed by atoms with E-state index >= 15 is 0 Å². The monoisotopic (exact) mass is 278 g/mol. The number of likely N-dealkylation sites (N-methyl/N-ethyl adjacent to an activating group) is 1. The van der Waals surface area contributed by atoms with Crippen LogP contribution >= 0.6 is 0 Å². The minimum absolute atomic E-state index is 0.638. The fourth-order valence-electron chi connectivity index (χ4n) is 3.15. The number of hydrogen-bond donors (Lipinski definition) is 1. The first-order chi connectivity index (χ1) is 9.71. The summed E-state index contributed by atoms with van der Waals surface area (Å²) < 4.78 is 2.06. The summed E-state index contributed by atoms with van der Waals surface area (Å²) >= 11 is 0. The SMILES string of the molecule is CCN(CC)CCn1cc(NC2CCCC(C)C2)cn1. The van der Waals surface area contributed by atoms with E-state index in [2.05, 4.69) is 47.0 Å². The second-order valence-electron chi connectivity index (χ2n) is 6.13. The van der Waals surface area contributed by atoms with E-state index in [1.165, 1.54) is 31.4 Å². The summed E-state index contributed by atoms with van der Waals surface area (Å²) in [4.78, 5) is 2.43. The Morgan fingerprint density at radius 2 is 2.15 bits per heavy atom. The van der Waals surface area contributed by atoms with Crippen molar-refractivity contribution < 1.29 is 0 Å². The Morgan fingerprint density at radius 3 is 2.85 bits per heavy atom. The quantitative estimate of drug-likeness (QED) is 0.831. The molecular weight excluding hydrogens is 248 g/mol. The normalized spacial score (nSPS) is 23.2. The number of nitrogens with zero attached hydrogens (tertiary/aromatic N) is 3. The van der Waals surface area contributed by atoms with E-state index in [4.69, 9.17) is 0 Å². The number of aromatic nitrogens is 2. The first kappa shape index (κ1) is 15.4. The van der Waals surface area contributed by atoms with Gasteiger partial charge in [0.15, 0.2) is 0 Å². The van der Waals surface area contributed by atoms with Crippen molar-refractivity contribution >= 4 is 5.69 Å². The molecule has 0 aliphatic heterocycles. The maximum Gasteiger partial charge on any atom is 0.0728 e. The molecule has 114 valence electrons. The van der Waals surface area contributed by atoms with Gasteiger partial charge in [0.25, 0.3) is 0 Å². The molecule has 1 fully saturated rings. The lowest BCUT2D eigenvalue weighted by atomic mass is 9.87. The van der Waals surface area contributed by atoms with Crippen LogP contribution < -0.4 is 5.32 Å².